The van der Waals surface area contributed by atoms with Crippen LogP contribution in [0.15, 0.2) is 42.5 Å². The summed E-state index contributed by atoms with van der Waals surface area (Å²) in [5, 5.41) is 12.2. The number of nitrogens with zero attached hydrogens (tertiary/aromatic N) is 1. The van der Waals surface area contributed by atoms with Crippen LogP contribution in [0.1, 0.15) is 6.42 Å². The summed E-state index contributed by atoms with van der Waals surface area (Å²) >= 11 is 6.00. The predicted octanol–water partition coefficient (Wildman–Crippen LogP) is 3.84. The van der Waals surface area contributed by atoms with Crippen LogP contribution < -0.4 is 5.32 Å². The van der Waals surface area contributed by atoms with Crippen molar-refractivity contribution in [3.05, 3.63) is 53.3 Å². The summed E-state index contributed by atoms with van der Waals surface area (Å²) in [6.07, 6.45) is 0.434. The van der Waals surface area contributed by atoms with Crippen LogP contribution in [0, 0.1) is 5.82 Å². The van der Waals surface area contributed by atoms with E-state index in [1.165, 1.54) is 17.0 Å². The van der Waals surface area contributed by atoms with Gasteiger partial charge in [-0.15, -0.1) is 0 Å². The molecule has 24 heavy (non-hydrogen) atoms. The van der Waals surface area contributed by atoms with E-state index >= 15 is 0 Å². The first-order valence-corrected chi connectivity index (χ1v) is 7.69. The van der Waals surface area contributed by atoms with Crippen molar-refractivity contribution < 1.29 is 19.1 Å². The fraction of sp³-hybridized carbons (Fsp3) is 0.176. The highest BCUT2D eigenvalue weighted by atomic mass is 35.5. The first-order chi connectivity index (χ1) is 11.5. The lowest BCUT2D eigenvalue weighted by molar-refractivity contribution is -0.145. The van der Waals surface area contributed by atoms with Crippen molar-refractivity contribution in [1.82, 2.24) is 4.90 Å². The SMILES string of the molecule is O=C(O)C1CCN1C(=O)Nc1cc(Cl)ccc1-c1ccc(F)cc1. The minimum absolute atomic E-state index is 0.358. The summed E-state index contributed by atoms with van der Waals surface area (Å²) in [6.45, 7) is 0.384. The molecule has 1 fully saturated rings. The molecule has 124 valence electrons. The Morgan fingerprint density at radius 1 is 1.21 bits per heavy atom. The van der Waals surface area contributed by atoms with Crippen LogP contribution >= 0.6 is 11.6 Å². The van der Waals surface area contributed by atoms with E-state index < -0.39 is 18.0 Å². The average molecular weight is 349 g/mol. The normalized spacial score (nSPS) is 16.4. The van der Waals surface area contributed by atoms with E-state index in [-0.39, 0.29) is 5.82 Å². The van der Waals surface area contributed by atoms with Gasteiger partial charge in [0.05, 0.1) is 5.69 Å². The third-order valence-electron chi connectivity index (χ3n) is 3.94. The zero-order valence-corrected chi connectivity index (χ0v) is 13.3. The molecule has 2 amide bonds. The van der Waals surface area contributed by atoms with E-state index in [4.69, 9.17) is 16.7 Å². The minimum Gasteiger partial charge on any atom is -0.480 e. The fourth-order valence-corrected chi connectivity index (χ4v) is 2.75. The molecule has 1 aliphatic rings. The van der Waals surface area contributed by atoms with Gasteiger partial charge in [0.15, 0.2) is 0 Å². The molecule has 2 N–H and O–H groups in total. The Hall–Kier alpha value is -2.60. The Morgan fingerprint density at radius 2 is 1.92 bits per heavy atom. The number of anilines is 1. The standard InChI is InChI=1S/C17H14ClFN2O3/c18-11-3-6-13(10-1-4-12(19)5-2-10)14(9-11)20-17(24)21-8-7-15(21)16(22)23/h1-6,9,15H,7-8H2,(H,20,24)(H,22,23). The topological polar surface area (TPSA) is 69.6 Å². The van der Waals surface area contributed by atoms with Crippen molar-refractivity contribution in [1.29, 1.82) is 0 Å². The number of urea groups is 1. The highest BCUT2D eigenvalue weighted by molar-refractivity contribution is 6.31. The molecule has 0 radical (unpaired) electrons. The van der Waals surface area contributed by atoms with Crippen molar-refractivity contribution in [2.75, 3.05) is 11.9 Å². The van der Waals surface area contributed by atoms with E-state index in [0.29, 0.717) is 34.8 Å². The third kappa shape index (κ3) is 3.19. The molecule has 0 spiro atoms. The van der Waals surface area contributed by atoms with Crippen LogP contribution in [0.3, 0.4) is 0 Å². The molecule has 1 atom stereocenters. The molecule has 0 aliphatic carbocycles. The molecule has 1 heterocycles. The summed E-state index contributed by atoms with van der Waals surface area (Å²) in [4.78, 5) is 24.6. The minimum atomic E-state index is -1.03. The average Bonchev–Trinajstić information content (AvgIpc) is 2.47. The van der Waals surface area contributed by atoms with Gasteiger partial charge in [-0.2, -0.15) is 0 Å². The number of aliphatic carboxylic acids is 1. The fourth-order valence-electron chi connectivity index (χ4n) is 2.58. The highest BCUT2D eigenvalue weighted by Crippen LogP contribution is 2.31. The van der Waals surface area contributed by atoms with Gasteiger partial charge in [0, 0.05) is 17.1 Å². The second kappa shape index (κ2) is 6.49. The van der Waals surface area contributed by atoms with Crippen LogP contribution in [-0.2, 0) is 4.79 Å². The van der Waals surface area contributed by atoms with Gasteiger partial charge in [-0.25, -0.2) is 14.0 Å². The maximum absolute atomic E-state index is 13.1. The van der Waals surface area contributed by atoms with Crippen molar-refractivity contribution in [3.8, 4) is 11.1 Å². The molecule has 1 aliphatic heterocycles. The summed E-state index contributed by atoms with van der Waals surface area (Å²) in [6, 6.07) is 9.49. The maximum atomic E-state index is 13.1. The molecule has 1 saturated heterocycles. The number of halogens is 2. The number of carboxylic acid groups (broad SMARTS) is 1. The molecular weight excluding hydrogens is 335 g/mol. The number of benzene rings is 2. The third-order valence-corrected chi connectivity index (χ3v) is 4.18. The number of hydrogen-bond donors (Lipinski definition) is 2. The van der Waals surface area contributed by atoms with Crippen molar-refractivity contribution in [3.63, 3.8) is 0 Å². The lowest BCUT2D eigenvalue weighted by Crippen LogP contribution is -2.56. The number of amides is 2. The monoisotopic (exact) mass is 348 g/mol. The number of carboxylic acids is 1. The molecular formula is C17H14ClFN2O3. The number of hydrogen-bond acceptors (Lipinski definition) is 2. The van der Waals surface area contributed by atoms with Gasteiger partial charge in [-0.3, -0.25) is 0 Å². The summed E-state index contributed by atoms with van der Waals surface area (Å²) in [5.41, 5.74) is 1.82. The van der Waals surface area contributed by atoms with Gasteiger partial charge in [0.1, 0.15) is 11.9 Å². The van der Waals surface area contributed by atoms with Crippen molar-refractivity contribution in [2.24, 2.45) is 0 Å². The number of rotatable bonds is 3. The van der Waals surface area contributed by atoms with E-state index in [2.05, 4.69) is 5.32 Å². The quantitative estimate of drug-likeness (QED) is 0.885. The maximum Gasteiger partial charge on any atom is 0.326 e. The van der Waals surface area contributed by atoms with Gasteiger partial charge < -0.3 is 15.3 Å². The van der Waals surface area contributed by atoms with E-state index in [9.17, 15) is 14.0 Å². The van der Waals surface area contributed by atoms with E-state index in [1.54, 1.807) is 30.3 Å². The summed E-state index contributed by atoms with van der Waals surface area (Å²) in [5.74, 6) is -1.38. The lowest BCUT2D eigenvalue weighted by Gasteiger charge is -2.37. The second-order valence-electron chi connectivity index (χ2n) is 5.46. The smallest absolute Gasteiger partial charge is 0.326 e. The molecule has 0 aromatic heterocycles. The van der Waals surface area contributed by atoms with Gasteiger partial charge in [0.2, 0.25) is 0 Å². The van der Waals surface area contributed by atoms with Gasteiger partial charge >= 0.3 is 12.0 Å². The second-order valence-corrected chi connectivity index (χ2v) is 5.90. The summed E-state index contributed by atoms with van der Waals surface area (Å²) in [7, 11) is 0. The zero-order valence-electron chi connectivity index (χ0n) is 12.5. The predicted molar refractivity (Wildman–Crippen MR) is 88.6 cm³/mol. The van der Waals surface area contributed by atoms with Crippen LogP contribution in [0.2, 0.25) is 5.02 Å². The Balaban J connectivity index is 1.87. The van der Waals surface area contributed by atoms with Crippen molar-refractivity contribution in [2.45, 2.75) is 12.5 Å². The molecule has 0 bridgehead atoms. The van der Waals surface area contributed by atoms with Gasteiger partial charge in [0.25, 0.3) is 0 Å². The molecule has 7 heteroatoms. The van der Waals surface area contributed by atoms with Crippen LogP contribution in [0.5, 0.6) is 0 Å². The van der Waals surface area contributed by atoms with Crippen LogP contribution in [0.4, 0.5) is 14.9 Å². The Labute approximate surface area is 142 Å². The van der Waals surface area contributed by atoms with Crippen LogP contribution in [-0.4, -0.2) is 34.6 Å². The summed E-state index contributed by atoms with van der Waals surface area (Å²) < 4.78 is 13.1. The molecule has 1 unspecified atom stereocenters. The molecule has 5 nitrogen and oxygen atoms in total. The van der Waals surface area contributed by atoms with Crippen molar-refractivity contribution >= 4 is 29.3 Å². The molecule has 3 rings (SSSR count). The largest absolute Gasteiger partial charge is 0.480 e. The first-order valence-electron chi connectivity index (χ1n) is 7.31. The lowest BCUT2D eigenvalue weighted by atomic mass is 10.0. The Kier molecular flexibility index (Phi) is 4.40. The first kappa shape index (κ1) is 16.3. The number of carbonyl (C=O) groups is 2. The Morgan fingerprint density at radius 3 is 2.50 bits per heavy atom. The van der Waals surface area contributed by atoms with Gasteiger partial charge in [-0.05, 0) is 36.2 Å². The molecule has 0 saturated carbocycles. The number of nitrogens with one attached hydrogen (secondary N) is 1. The van der Waals surface area contributed by atoms with E-state index in [0.717, 1.165) is 0 Å². The van der Waals surface area contributed by atoms with E-state index in [1.807, 2.05) is 0 Å². The molecule has 2 aromatic carbocycles. The number of likely N-dealkylation sites (tertiary alicyclic amines) is 1. The van der Waals surface area contributed by atoms with Gasteiger partial charge in [-0.1, -0.05) is 29.8 Å². The highest BCUT2D eigenvalue weighted by Gasteiger charge is 2.37. The Bertz CT molecular complexity index is 795. The number of carbonyl (C=O) groups excluding carboxylic acids is 1. The van der Waals surface area contributed by atoms with Crippen LogP contribution in [0.25, 0.3) is 11.1 Å². The zero-order chi connectivity index (χ0) is 17.3. The molecule has 2 aromatic rings.